The highest BCUT2D eigenvalue weighted by molar-refractivity contribution is 5.92. The van der Waals surface area contributed by atoms with Gasteiger partial charge in [-0.1, -0.05) is 0 Å². The van der Waals surface area contributed by atoms with Crippen LogP contribution in [0.5, 0.6) is 0 Å². The zero-order valence-electron chi connectivity index (χ0n) is 11.3. The van der Waals surface area contributed by atoms with Crippen LogP contribution in [0.15, 0.2) is 12.4 Å². The normalized spacial score (nSPS) is 17.5. The second kappa shape index (κ2) is 8.40. The van der Waals surface area contributed by atoms with Gasteiger partial charge in [-0.3, -0.25) is 9.48 Å². The highest BCUT2D eigenvalue weighted by Gasteiger charge is 2.18. The second-order valence-electron chi connectivity index (χ2n) is 4.72. The van der Waals surface area contributed by atoms with Gasteiger partial charge in [0.1, 0.15) is 0 Å². The number of anilines is 1. The lowest BCUT2D eigenvalue weighted by atomic mass is 10.0. The van der Waals surface area contributed by atoms with Crippen LogP contribution in [-0.4, -0.2) is 35.8 Å². The third-order valence-electron chi connectivity index (χ3n) is 3.38. The fourth-order valence-corrected chi connectivity index (χ4v) is 2.18. The maximum Gasteiger partial charge on any atom is 0.226 e. The third kappa shape index (κ3) is 5.01. The third-order valence-corrected chi connectivity index (χ3v) is 3.38. The average Bonchev–Trinajstić information content (AvgIpc) is 2.95. The molecular weight excluding hydrogens is 287 g/mol. The van der Waals surface area contributed by atoms with Gasteiger partial charge in [-0.15, -0.1) is 24.8 Å². The first-order valence-corrected chi connectivity index (χ1v) is 6.12. The van der Waals surface area contributed by atoms with Crippen LogP contribution in [0.1, 0.15) is 19.3 Å². The molecule has 0 spiro atoms. The lowest BCUT2D eigenvalue weighted by Gasteiger charge is -2.16. The Balaban J connectivity index is 0.00000162. The minimum absolute atomic E-state index is 0. The molecule has 19 heavy (non-hydrogen) atoms. The number of carbonyl (C=O) groups excluding carboxylic acids is 1. The van der Waals surface area contributed by atoms with Gasteiger partial charge in [0.15, 0.2) is 0 Å². The molecule has 0 aliphatic carbocycles. The number of rotatable bonds is 4. The van der Waals surface area contributed by atoms with E-state index in [2.05, 4.69) is 10.4 Å². The summed E-state index contributed by atoms with van der Waals surface area (Å²) in [6.07, 6.45) is 6.38. The molecule has 1 fully saturated rings. The van der Waals surface area contributed by atoms with Crippen molar-refractivity contribution in [2.75, 3.05) is 25.0 Å². The molecule has 2 heterocycles. The summed E-state index contributed by atoms with van der Waals surface area (Å²) >= 11 is 0. The van der Waals surface area contributed by atoms with Crippen LogP contribution >= 0.6 is 24.8 Å². The highest BCUT2D eigenvalue weighted by atomic mass is 35.5. The fourth-order valence-electron chi connectivity index (χ4n) is 2.18. The van der Waals surface area contributed by atoms with E-state index in [1.54, 1.807) is 15.8 Å². The molecule has 0 radical (unpaired) electrons. The van der Waals surface area contributed by atoms with Gasteiger partial charge in [0.25, 0.3) is 0 Å². The molecule has 5 nitrogen and oxygen atoms in total. The Hall–Kier alpha value is -0.780. The van der Waals surface area contributed by atoms with Gasteiger partial charge < -0.3 is 10.2 Å². The van der Waals surface area contributed by atoms with Crippen LogP contribution in [0.3, 0.4) is 0 Å². The van der Waals surface area contributed by atoms with Crippen LogP contribution in [0, 0.1) is 5.92 Å². The molecule has 1 aromatic heterocycles. The first-order chi connectivity index (χ1) is 8.16. The standard InChI is InChI=1S/C12H20N4O.2ClH/c1-15-9-11(8-14-15)16(2)12(17)4-3-10-5-6-13-7-10;;/h8-10,13H,3-7H2,1-2H3;2*1H. The predicted octanol–water partition coefficient (Wildman–Crippen LogP) is 1.62. The van der Waals surface area contributed by atoms with Crippen molar-refractivity contribution in [3.05, 3.63) is 12.4 Å². The molecule has 0 bridgehead atoms. The van der Waals surface area contributed by atoms with Crippen LogP contribution in [-0.2, 0) is 11.8 Å². The molecule has 1 atom stereocenters. The van der Waals surface area contributed by atoms with Crippen LogP contribution in [0.4, 0.5) is 5.69 Å². The van der Waals surface area contributed by atoms with E-state index < -0.39 is 0 Å². The van der Waals surface area contributed by atoms with E-state index in [-0.39, 0.29) is 30.7 Å². The van der Waals surface area contributed by atoms with Gasteiger partial charge in [0.05, 0.1) is 11.9 Å². The van der Waals surface area contributed by atoms with Gasteiger partial charge in [0, 0.05) is 26.7 Å². The Bertz CT molecular complexity index is 391. The smallest absolute Gasteiger partial charge is 0.226 e. The number of aryl methyl sites for hydroxylation is 1. The number of aromatic nitrogens is 2. The molecule has 110 valence electrons. The molecular formula is C12H22Cl2N4O. The molecule has 1 aromatic rings. The summed E-state index contributed by atoms with van der Waals surface area (Å²) in [7, 11) is 3.66. The van der Waals surface area contributed by atoms with Crippen molar-refractivity contribution in [2.24, 2.45) is 13.0 Å². The van der Waals surface area contributed by atoms with Gasteiger partial charge in [0.2, 0.25) is 5.91 Å². The molecule has 1 aliphatic rings. The Morgan fingerprint density at radius 2 is 2.32 bits per heavy atom. The maximum absolute atomic E-state index is 12.0. The number of nitrogens with zero attached hydrogens (tertiary/aromatic N) is 3. The Labute approximate surface area is 126 Å². The van der Waals surface area contributed by atoms with Crippen LogP contribution in [0.2, 0.25) is 0 Å². The summed E-state index contributed by atoms with van der Waals surface area (Å²) in [5.41, 5.74) is 0.863. The summed E-state index contributed by atoms with van der Waals surface area (Å²) in [6, 6.07) is 0. The topological polar surface area (TPSA) is 50.2 Å². The number of halogens is 2. The number of amides is 1. The Morgan fingerprint density at radius 1 is 1.58 bits per heavy atom. The predicted molar refractivity (Wildman–Crippen MR) is 81.3 cm³/mol. The van der Waals surface area contributed by atoms with E-state index in [4.69, 9.17) is 0 Å². The van der Waals surface area contributed by atoms with Crippen molar-refractivity contribution in [1.82, 2.24) is 15.1 Å². The van der Waals surface area contributed by atoms with E-state index in [9.17, 15) is 4.79 Å². The zero-order chi connectivity index (χ0) is 12.3. The summed E-state index contributed by atoms with van der Waals surface area (Å²) in [6.45, 7) is 2.15. The van der Waals surface area contributed by atoms with E-state index in [1.165, 1.54) is 6.42 Å². The van der Waals surface area contributed by atoms with Gasteiger partial charge in [-0.05, 0) is 31.8 Å². The molecule has 1 unspecified atom stereocenters. The first-order valence-electron chi connectivity index (χ1n) is 6.12. The minimum atomic E-state index is 0. The fraction of sp³-hybridized carbons (Fsp3) is 0.667. The van der Waals surface area contributed by atoms with Crippen molar-refractivity contribution in [1.29, 1.82) is 0 Å². The minimum Gasteiger partial charge on any atom is -0.316 e. The SMILES string of the molecule is CN(C(=O)CCC1CCNC1)c1cnn(C)c1.Cl.Cl. The largest absolute Gasteiger partial charge is 0.316 e. The Kier molecular flexibility index (Phi) is 8.06. The van der Waals surface area contributed by atoms with Gasteiger partial charge in [-0.25, -0.2) is 0 Å². The zero-order valence-corrected chi connectivity index (χ0v) is 13.0. The van der Waals surface area contributed by atoms with Crippen molar-refractivity contribution >= 4 is 36.4 Å². The lowest BCUT2D eigenvalue weighted by molar-refractivity contribution is -0.118. The second-order valence-corrected chi connectivity index (χ2v) is 4.72. The molecule has 0 saturated carbocycles. The quantitative estimate of drug-likeness (QED) is 0.919. The summed E-state index contributed by atoms with van der Waals surface area (Å²) in [5.74, 6) is 0.839. The van der Waals surface area contributed by atoms with Crippen molar-refractivity contribution in [2.45, 2.75) is 19.3 Å². The summed E-state index contributed by atoms with van der Waals surface area (Å²) < 4.78 is 1.71. The number of hydrogen-bond donors (Lipinski definition) is 1. The lowest BCUT2D eigenvalue weighted by Crippen LogP contribution is -2.26. The number of hydrogen-bond acceptors (Lipinski definition) is 3. The summed E-state index contributed by atoms with van der Waals surface area (Å²) in [5, 5.41) is 7.39. The van der Waals surface area contributed by atoms with Crippen molar-refractivity contribution in [3.8, 4) is 0 Å². The first kappa shape index (κ1) is 18.2. The van der Waals surface area contributed by atoms with E-state index in [0.29, 0.717) is 12.3 Å². The van der Waals surface area contributed by atoms with E-state index in [0.717, 1.165) is 25.2 Å². The highest BCUT2D eigenvalue weighted by Crippen LogP contribution is 2.17. The molecule has 1 amide bonds. The average molecular weight is 309 g/mol. The van der Waals surface area contributed by atoms with Crippen LogP contribution < -0.4 is 10.2 Å². The van der Waals surface area contributed by atoms with Crippen LogP contribution in [0.25, 0.3) is 0 Å². The van der Waals surface area contributed by atoms with E-state index >= 15 is 0 Å². The molecule has 1 saturated heterocycles. The monoisotopic (exact) mass is 308 g/mol. The maximum atomic E-state index is 12.0. The number of carbonyl (C=O) groups is 1. The van der Waals surface area contributed by atoms with E-state index in [1.807, 2.05) is 20.3 Å². The molecule has 7 heteroatoms. The van der Waals surface area contributed by atoms with Gasteiger partial charge >= 0.3 is 0 Å². The molecule has 1 N–H and O–H groups in total. The molecule has 0 aromatic carbocycles. The Morgan fingerprint density at radius 3 is 2.84 bits per heavy atom. The summed E-state index contributed by atoms with van der Waals surface area (Å²) in [4.78, 5) is 13.7. The van der Waals surface area contributed by atoms with Crippen molar-refractivity contribution in [3.63, 3.8) is 0 Å². The molecule has 2 rings (SSSR count). The molecule has 1 aliphatic heterocycles. The van der Waals surface area contributed by atoms with Gasteiger partial charge in [-0.2, -0.15) is 5.10 Å². The van der Waals surface area contributed by atoms with Crippen molar-refractivity contribution < 1.29 is 4.79 Å². The number of nitrogens with one attached hydrogen (secondary N) is 1.